The van der Waals surface area contributed by atoms with Gasteiger partial charge in [-0.25, -0.2) is 0 Å². The predicted molar refractivity (Wildman–Crippen MR) is 61.0 cm³/mol. The molecule has 1 heterocycles. The molecule has 5 unspecified atom stereocenters. The Morgan fingerprint density at radius 3 is 1.88 bits per heavy atom. The Morgan fingerprint density at radius 1 is 0.882 bits per heavy atom. The molecule has 1 aliphatic heterocycles. The SMILES string of the molecule is C#CCCCCN1[C@@H]2C(O)C(O)C(O)C(O)[C@@H]21. The first-order valence-corrected chi connectivity index (χ1v) is 6.01. The zero-order chi connectivity index (χ0) is 12.6. The van der Waals surface area contributed by atoms with Crippen LogP contribution in [0.15, 0.2) is 0 Å². The van der Waals surface area contributed by atoms with E-state index in [2.05, 4.69) is 5.92 Å². The maximum Gasteiger partial charge on any atom is 0.110 e. The molecule has 1 aliphatic carbocycles. The fourth-order valence-electron chi connectivity index (χ4n) is 2.74. The molecule has 0 spiro atoms. The predicted octanol–water partition coefficient (Wildman–Crippen LogP) is -1.70. The van der Waals surface area contributed by atoms with Crippen LogP contribution in [0.4, 0.5) is 0 Å². The number of nitrogens with zero attached hydrogens (tertiary/aromatic N) is 1. The number of hydrogen-bond donors (Lipinski definition) is 4. The lowest BCUT2D eigenvalue weighted by Gasteiger charge is -2.30. The molecule has 7 atom stereocenters. The second kappa shape index (κ2) is 4.92. The third-order valence-corrected chi connectivity index (χ3v) is 3.76. The van der Waals surface area contributed by atoms with Crippen LogP contribution < -0.4 is 0 Å². The van der Waals surface area contributed by atoms with E-state index in [0.717, 1.165) is 25.8 Å². The second-order valence-corrected chi connectivity index (χ2v) is 4.84. The van der Waals surface area contributed by atoms with Gasteiger partial charge >= 0.3 is 0 Å². The van der Waals surface area contributed by atoms with Gasteiger partial charge in [-0.15, -0.1) is 12.3 Å². The fourth-order valence-corrected chi connectivity index (χ4v) is 2.74. The van der Waals surface area contributed by atoms with Gasteiger partial charge in [0, 0.05) is 6.42 Å². The Bertz CT molecular complexity index is 296. The normalized spacial score (nSPS) is 48.3. The van der Waals surface area contributed by atoms with Crippen molar-refractivity contribution in [3.8, 4) is 12.3 Å². The highest BCUT2D eigenvalue weighted by Gasteiger charge is 2.63. The lowest BCUT2D eigenvalue weighted by Crippen LogP contribution is -2.53. The van der Waals surface area contributed by atoms with Crippen LogP contribution in [0.2, 0.25) is 0 Å². The summed E-state index contributed by atoms with van der Waals surface area (Å²) in [7, 11) is 0. The lowest BCUT2D eigenvalue weighted by atomic mass is 9.90. The summed E-state index contributed by atoms with van der Waals surface area (Å²) in [4.78, 5) is 1.92. The molecule has 17 heavy (non-hydrogen) atoms. The maximum absolute atomic E-state index is 9.75. The van der Waals surface area contributed by atoms with E-state index in [-0.39, 0.29) is 12.1 Å². The van der Waals surface area contributed by atoms with Gasteiger partial charge in [0.15, 0.2) is 0 Å². The number of terminal acetylenes is 1. The number of unbranched alkanes of at least 4 members (excludes halogenated alkanes) is 2. The van der Waals surface area contributed by atoms with Crippen molar-refractivity contribution in [3.05, 3.63) is 0 Å². The molecular formula is C12H19NO4. The molecule has 0 radical (unpaired) electrons. The van der Waals surface area contributed by atoms with E-state index in [1.807, 2.05) is 4.90 Å². The molecular weight excluding hydrogens is 222 g/mol. The van der Waals surface area contributed by atoms with Crippen molar-refractivity contribution >= 4 is 0 Å². The summed E-state index contributed by atoms with van der Waals surface area (Å²) in [6.07, 6.45) is 3.18. The Balaban J connectivity index is 1.86. The van der Waals surface area contributed by atoms with Crippen LogP contribution in [0, 0.1) is 12.3 Å². The summed E-state index contributed by atoms with van der Waals surface area (Å²) in [5.41, 5.74) is 0. The van der Waals surface area contributed by atoms with Gasteiger partial charge in [-0.1, -0.05) is 0 Å². The van der Waals surface area contributed by atoms with E-state index in [1.54, 1.807) is 0 Å². The van der Waals surface area contributed by atoms with E-state index in [4.69, 9.17) is 6.42 Å². The first kappa shape index (κ1) is 12.8. The van der Waals surface area contributed by atoms with Gasteiger partial charge in [-0.05, 0) is 19.4 Å². The van der Waals surface area contributed by atoms with Crippen molar-refractivity contribution in [2.45, 2.75) is 55.8 Å². The molecule has 96 valence electrons. The van der Waals surface area contributed by atoms with Gasteiger partial charge in [0.2, 0.25) is 0 Å². The quantitative estimate of drug-likeness (QED) is 0.268. The smallest absolute Gasteiger partial charge is 0.110 e. The van der Waals surface area contributed by atoms with Crippen molar-refractivity contribution in [2.75, 3.05) is 6.54 Å². The second-order valence-electron chi connectivity index (χ2n) is 4.84. The number of aliphatic hydroxyl groups excluding tert-OH is 4. The third kappa shape index (κ3) is 2.19. The van der Waals surface area contributed by atoms with E-state index >= 15 is 0 Å². The number of hydrogen-bond acceptors (Lipinski definition) is 5. The highest BCUT2D eigenvalue weighted by Crippen LogP contribution is 2.41. The molecule has 1 saturated carbocycles. The Morgan fingerprint density at radius 2 is 1.41 bits per heavy atom. The summed E-state index contributed by atoms with van der Waals surface area (Å²) in [6, 6.07) is -0.455. The number of fused-ring (bicyclic) bond motifs is 1. The monoisotopic (exact) mass is 241 g/mol. The molecule has 0 bridgehead atoms. The zero-order valence-electron chi connectivity index (χ0n) is 9.61. The Hall–Kier alpha value is -0.640. The molecule has 2 fully saturated rings. The number of aliphatic hydroxyl groups is 4. The summed E-state index contributed by atoms with van der Waals surface area (Å²) in [6.45, 7) is 0.727. The van der Waals surface area contributed by atoms with E-state index in [0.29, 0.717) is 0 Å². The van der Waals surface area contributed by atoms with Crippen LogP contribution in [0.3, 0.4) is 0 Å². The summed E-state index contributed by atoms with van der Waals surface area (Å²) in [5.74, 6) is 2.56. The molecule has 0 aromatic carbocycles. The van der Waals surface area contributed by atoms with Crippen molar-refractivity contribution in [1.82, 2.24) is 4.90 Å². The average Bonchev–Trinajstić information content (AvgIpc) is 3.04. The summed E-state index contributed by atoms with van der Waals surface area (Å²) < 4.78 is 0. The first-order valence-electron chi connectivity index (χ1n) is 6.01. The van der Waals surface area contributed by atoms with Crippen molar-refractivity contribution in [2.24, 2.45) is 0 Å². The van der Waals surface area contributed by atoms with Crippen LogP contribution >= 0.6 is 0 Å². The van der Waals surface area contributed by atoms with Gasteiger partial charge in [-0.2, -0.15) is 0 Å². The molecule has 0 aromatic rings. The highest BCUT2D eigenvalue weighted by atomic mass is 16.4. The van der Waals surface area contributed by atoms with E-state index in [1.165, 1.54) is 0 Å². The van der Waals surface area contributed by atoms with Gasteiger partial charge in [0.25, 0.3) is 0 Å². The summed E-state index contributed by atoms with van der Waals surface area (Å²) in [5, 5.41) is 38.6. The zero-order valence-corrected chi connectivity index (χ0v) is 9.61. The Labute approximate surface area is 101 Å². The minimum atomic E-state index is -1.26. The lowest BCUT2D eigenvalue weighted by molar-refractivity contribution is -0.121. The average molecular weight is 241 g/mol. The number of likely N-dealkylation sites (tertiary alicyclic amines) is 1. The van der Waals surface area contributed by atoms with Crippen LogP contribution in [0.5, 0.6) is 0 Å². The van der Waals surface area contributed by atoms with Crippen LogP contribution in [0.25, 0.3) is 0 Å². The Kier molecular flexibility index (Phi) is 3.71. The molecule has 5 nitrogen and oxygen atoms in total. The molecule has 4 N–H and O–H groups in total. The first-order chi connectivity index (χ1) is 8.09. The van der Waals surface area contributed by atoms with Gasteiger partial charge in [0.1, 0.15) is 12.2 Å². The standard InChI is InChI=1S/C12H19NO4/c1-2-3-4-5-6-13-7-8(13)10(15)12(17)11(16)9(7)14/h1,7-12,14-17H,3-6H2/t7-,8+,9?,10?,11?,12?,13?. The van der Waals surface area contributed by atoms with Gasteiger partial charge in [0.05, 0.1) is 24.3 Å². The third-order valence-electron chi connectivity index (χ3n) is 3.76. The minimum absolute atomic E-state index is 0.228. The van der Waals surface area contributed by atoms with Crippen LogP contribution in [-0.4, -0.2) is 68.4 Å². The summed E-state index contributed by atoms with van der Waals surface area (Å²) >= 11 is 0. The highest BCUT2D eigenvalue weighted by molar-refractivity contribution is 5.17. The molecule has 1 saturated heterocycles. The van der Waals surface area contributed by atoms with E-state index < -0.39 is 24.4 Å². The van der Waals surface area contributed by atoms with Crippen molar-refractivity contribution in [1.29, 1.82) is 0 Å². The minimum Gasteiger partial charge on any atom is -0.389 e. The topological polar surface area (TPSA) is 83.9 Å². The van der Waals surface area contributed by atoms with Gasteiger partial charge < -0.3 is 20.4 Å². The maximum atomic E-state index is 9.75. The number of rotatable bonds is 4. The molecule has 5 heteroatoms. The van der Waals surface area contributed by atoms with Crippen LogP contribution in [-0.2, 0) is 0 Å². The molecule has 2 aliphatic rings. The van der Waals surface area contributed by atoms with Crippen LogP contribution in [0.1, 0.15) is 19.3 Å². The van der Waals surface area contributed by atoms with Crippen molar-refractivity contribution in [3.63, 3.8) is 0 Å². The fraction of sp³-hybridized carbons (Fsp3) is 0.833. The van der Waals surface area contributed by atoms with Gasteiger partial charge in [-0.3, -0.25) is 4.90 Å². The molecule has 2 rings (SSSR count). The largest absolute Gasteiger partial charge is 0.389 e. The molecule has 0 amide bonds. The molecule has 0 aromatic heterocycles. The van der Waals surface area contributed by atoms with Crippen molar-refractivity contribution < 1.29 is 20.4 Å². The van der Waals surface area contributed by atoms with E-state index in [9.17, 15) is 20.4 Å².